The van der Waals surface area contributed by atoms with Crippen LogP contribution in [0, 0.1) is 10.8 Å². The van der Waals surface area contributed by atoms with E-state index in [1.807, 2.05) is 57.2 Å². The lowest BCUT2D eigenvalue weighted by molar-refractivity contribution is -0.118. The van der Waals surface area contributed by atoms with Crippen molar-refractivity contribution in [3.63, 3.8) is 0 Å². The fraction of sp³-hybridized carbons (Fsp3) is 0.478. The summed E-state index contributed by atoms with van der Waals surface area (Å²) in [6, 6.07) is 11.7. The molecular formula is C23H32N2O2. The third-order valence-corrected chi connectivity index (χ3v) is 4.69. The number of hydrogen-bond donors (Lipinski definition) is 2. The lowest BCUT2D eigenvalue weighted by Gasteiger charge is -2.21. The molecule has 0 unspecified atom stereocenters. The maximum Gasteiger partial charge on any atom is 0.224 e. The van der Waals surface area contributed by atoms with Crippen LogP contribution in [-0.2, 0) is 9.59 Å². The number of nitrogens with one attached hydrogen (secondary N) is 2. The third-order valence-electron chi connectivity index (χ3n) is 4.69. The van der Waals surface area contributed by atoms with E-state index in [0.717, 1.165) is 28.6 Å². The van der Waals surface area contributed by atoms with Crippen molar-refractivity contribution in [2.45, 2.75) is 60.8 Å². The highest BCUT2D eigenvalue weighted by molar-refractivity contribution is 5.97. The Hall–Kier alpha value is -2.36. The minimum Gasteiger partial charge on any atom is -0.326 e. The lowest BCUT2D eigenvalue weighted by Crippen LogP contribution is -2.21. The summed E-state index contributed by atoms with van der Waals surface area (Å²) < 4.78 is 0. The summed E-state index contributed by atoms with van der Waals surface area (Å²) >= 11 is 0. The van der Waals surface area contributed by atoms with Gasteiger partial charge in [-0.3, -0.25) is 9.59 Å². The van der Waals surface area contributed by atoms with Crippen molar-refractivity contribution >= 4 is 34.0 Å². The molecule has 0 spiro atoms. The first-order valence-corrected chi connectivity index (χ1v) is 9.61. The van der Waals surface area contributed by atoms with Gasteiger partial charge in [-0.1, -0.05) is 60.1 Å². The molecule has 2 rings (SSSR count). The van der Waals surface area contributed by atoms with Crippen LogP contribution in [0.5, 0.6) is 0 Å². The van der Waals surface area contributed by atoms with Gasteiger partial charge in [-0.25, -0.2) is 0 Å². The molecule has 0 saturated carbocycles. The molecule has 0 aliphatic rings. The van der Waals surface area contributed by atoms with Crippen LogP contribution in [0.1, 0.15) is 60.8 Å². The lowest BCUT2D eigenvalue weighted by atomic mass is 9.86. The van der Waals surface area contributed by atoms with Crippen molar-refractivity contribution in [1.82, 2.24) is 0 Å². The molecule has 0 saturated heterocycles. The highest BCUT2D eigenvalue weighted by Crippen LogP contribution is 2.27. The first-order chi connectivity index (χ1) is 12.5. The highest BCUT2D eigenvalue weighted by atomic mass is 16.2. The summed E-state index contributed by atoms with van der Waals surface area (Å²) in [5.74, 6) is 0.0523. The van der Waals surface area contributed by atoms with Gasteiger partial charge in [-0.05, 0) is 45.9 Å². The van der Waals surface area contributed by atoms with E-state index in [1.54, 1.807) is 0 Å². The molecule has 0 radical (unpaired) electrons. The fourth-order valence-corrected chi connectivity index (χ4v) is 2.85. The molecule has 0 bridgehead atoms. The van der Waals surface area contributed by atoms with Gasteiger partial charge in [0, 0.05) is 24.2 Å². The smallest absolute Gasteiger partial charge is 0.224 e. The van der Waals surface area contributed by atoms with Crippen molar-refractivity contribution in [2.24, 2.45) is 10.8 Å². The predicted octanol–water partition coefficient (Wildman–Crippen LogP) is 5.98. The summed E-state index contributed by atoms with van der Waals surface area (Å²) in [6.07, 6.45) is 1.94. The molecule has 0 aromatic heterocycles. The average molecular weight is 369 g/mol. The first kappa shape index (κ1) is 20.9. The monoisotopic (exact) mass is 368 g/mol. The molecule has 0 heterocycles. The normalized spacial score (nSPS) is 12.1. The summed E-state index contributed by atoms with van der Waals surface area (Å²) in [5.41, 5.74) is 1.55. The van der Waals surface area contributed by atoms with E-state index in [0.29, 0.717) is 12.8 Å². The molecule has 4 heteroatoms. The molecule has 4 nitrogen and oxygen atoms in total. The van der Waals surface area contributed by atoms with Gasteiger partial charge in [-0.15, -0.1) is 0 Å². The SMILES string of the molecule is CCC(C)(C)CC(=O)Nc1ccc2cc(NC(=O)CC(C)(C)C)ccc2c1. The van der Waals surface area contributed by atoms with E-state index >= 15 is 0 Å². The largest absolute Gasteiger partial charge is 0.326 e. The van der Waals surface area contributed by atoms with Crippen LogP contribution >= 0.6 is 0 Å². The van der Waals surface area contributed by atoms with Gasteiger partial charge >= 0.3 is 0 Å². The Morgan fingerprint density at radius 1 is 0.778 bits per heavy atom. The Balaban J connectivity index is 2.08. The molecule has 0 fully saturated rings. The average Bonchev–Trinajstić information content (AvgIpc) is 2.52. The van der Waals surface area contributed by atoms with Gasteiger partial charge in [0.05, 0.1) is 0 Å². The molecule has 0 aliphatic carbocycles. The summed E-state index contributed by atoms with van der Waals surface area (Å²) in [7, 11) is 0. The van der Waals surface area contributed by atoms with Gasteiger partial charge in [0.2, 0.25) is 11.8 Å². The number of anilines is 2. The fourth-order valence-electron chi connectivity index (χ4n) is 2.85. The van der Waals surface area contributed by atoms with Crippen LogP contribution in [-0.4, -0.2) is 11.8 Å². The van der Waals surface area contributed by atoms with Crippen molar-refractivity contribution in [1.29, 1.82) is 0 Å². The van der Waals surface area contributed by atoms with Crippen molar-refractivity contribution in [3.05, 3.63) is 36.4 Å². The zero-order chi connectivity index (χ0) is 20.2. The molecule has 27 heavy (non-hydrogen) atoms. The molecular weight excluding hydrogens is 336 g/mol. The van der Waals surface area contributed by atoms with Gasteiger partial charge in [-0.2, -0.15) is 0 Å². The molecule has 2 aromatic rings. The number of rotatable bonds is 6. The minimum absolute atomic E-state index is 0.00109. The number of benzene rings is 2. The molecule has 0 atom stereocenters. The molecule has 0 aliphatic heterocycles. The van der Waals surface area contributed by atoms with E-state index in [2.05, 4.69) is 31.4 Å². The second-order valence-corrected chi connectivity index (χ2v) is 9.31. The molecule has 146 valence electrons. The zero-order valence-electron chi connectivity index (χ0n) is 17.4. The maximum absolute atomic E-state index is 12.3. The number of carbonyl (C=O) groups excluding carboxylic acids is 2. The Morgan fingerprint density at radius 3 is 1.63 bits per heavy atom. The zero-order valence-corrected chi connectivity index (χ0v) is 17.4. The Bertz CT molecular complexity index is 832. The second kappa shape index (κ2) is 8.12. The Kier molecular flexibility index (Phi) is 6.30. The Morgan fingerprint density at radius 2 is 1.22 bits per heavy atom. The second-order valence-electron chi connectivity index (χ2n) is 9.31. The summed E-state index contributed by atoms with van der Waals surface area (Å²) in [5, 5.41) is 8.00. The van der Waals surface area contributed by atoms with Crippen LogP contribution in [0.4, 0.5) is 11.4 Å². The van der Waals surface area contributed by atoms with Gasteiger partial charge in [0.1, 0.15) is 0 Å². The Labute approximate surface area is 162 Å². The van der Waals surface area contributed by atoms with E-state index in [4.69, 9.17) is 0 Å². The van der Waals surface area contributed by atoms with Gasteiger partial charge < -0.3 is 10.6 Å². The van der Waals surface area contributed by atoms with Crippen LogP contribution in [0.15, 0.2) is 36.4 Å². The quantitative estimate of drug-likeness (QED) is 0.659. The van der Waals surface area contributed by atoms with Gasteiger partial charge in [0.25, 0.3) is 0 Å². The van der Waals surface area contributed by atoms with Crippen molar-refractivity contribution in [2.75, 3.05) is 10.6 Å². The molecule has 2 amide bonds. The maximum atomic E-state index is 12.3. The highest BCUT2D eigenvalue weighted by Gasteiger charge is 2.20. The van der Waals surface area contributed by atoms with Crippen LogP contribution in [0.25, 0.3) is 10.8 Å². The van der Waals surface area contributed by atoms with Crippen LogP contribution in [0.3, 0.4) is 0 Å². The van der Waals surface area contributed by atoms with E-state index in [-0.39, 0.29) is 22.6 Å². The summed E-state index contributed by atoms with van der Waals surface area (Å²) in [4.78, 5) is 24.4. The van der Waals surface area contributed by atoms with E-state index in [1.165, 1.54) is 0 Å². The predicted molar refractivity (Wildman–Crippen MR) is 114 cm³/mol. The van der Waals surface area contributed by atoms with Crippen molar-refractivity contribution < 1.29 is 9.59 Å². The molecule has 2 N–H and O–H groups in total. The van der Waals surface area contributed by atoms with E-state index < -0.39 is 0 Å². The third kappa shape index (κ3) is 6.70. The molecule has 2 aromatic carbocycles. The topological polar surface area (TPSA) is 58.2 Å². The standard InChI is InChI=1S/C23H32N2O2/c1-7-23(5,6)15-21(27)25-19-11-9-16-12-18(10-8-17(16)13-19)24-20(26)14-22(2,3)4/h8-13H,7,14-15H2,1-6H3,(H,24,26)(H,25,27). The van der Waals surface area contributed by atoms with Crippen LogP contribution < -0.4 is 10.6 Å². The number of hydrogen-bond acceptors (Lipinski definition) is 2. The van der Waals surface area contributed by atoms with E-state index in [9.17, 15) is 9.59 Å². The summed E-state index contributed by atoms with van der Waals surface area (Å²) in [6.45, 7) is 12.4. The number of amides is 2. The number of fused-ring (bicyclic) bond motifs is 1. The van der Waals surface area contributed by atoms with Gasteiger partial charge in [0.15, 0.2) is 0 Å². The number of carbonyl (C=O) groups is 2. The minimum atomic E-state index is -0.0413. The van der Waals surface area contributed by atoms with Crippen molar-refractivity contribution in [3.8, 4) is 0 Å². The first-order valence-electron chi connectivity index (χ1n) is 9.61. The van der Waals surface area contributed by atoms with Crippen LogP contribution in [0.2, 0.25) is 0 Å².